The van der Waals surface area contributed by atoms with Crippen molar-refractivity contribution in [1.82, 2.24) is 9.78 Å². The van der Waals surface area contributed by atoms with Crippen LogP contribution in [-0.2, 0) is 21.0 Å². The van der Waals surface area contributed by atoms with Crippen LogP contribution in [0.5, 0.6) is 5.75 Å². The molecule has 0 aliphatic carbocycles. The van der Waals surface area contributed by atoms with E-state index < -0.39 is 16.8 Å². The molecule has 2 N–H and O–H groups in total. The molecule has 1 aliphatic rings. The zero-order valence-corrected chi connectivity index (χ0v) is 16.8. The van der Waals surface area contributed by atoms with Crippen molar-refractivity contribution in [3.63, 3.8) is 0 Å². The second-order valence-corrected chi connectivity index (χ2v) is 6.43. The van der Waals surface area contributed by atoms with Crippen molar-refractivity contribution in [3.05, 3.63) is 75.0 Å². The van der Waals surface area contributed by atoms with Crippen molar-refractivity contribution in [2.24, 2.45) is 5.73 Å². The van der Waals surface area contributed by atoms with Gasteiger partial charge in [0.05, 0.1) is 35.5 Å². The largest absolute Gasteiger partial charge is 0.469 e. The first-order valence-electron chi connectivity index (χ1n) is 9.21. The minimum Gasteiger partial charge on any atom is -0.469 e. The van der Waals surface area contributed by atoms with Crippen molar-refractivity contribution in [1.29, 1.82) is 5.26 Å². The molecule has 11 heteroatoms. The molecule has 1 atom stereocenters. The Morgan fingerprint density at radius 3 is 2.68 bits per heavy atom. The lowest BCUT2D eigenvalue weighted by Crippen LogP contribution is -2.25. The summed E-state index contributed by atoms with van der Waals surface area (Å²) in [7, 11) is 0. The molecule has 1 aromatic heterocycles. The summed E-state index contributed by atoms with van der Waals surface area (Å²) in [6, 6.07) is 9.95. The zero-order valence-electron chi connectivity index (χ0n) is 16.8. The summed E-state index contributed by atoms with van der Waals surface area (Å²) < 4.78 is 17.4. The van der Waals surface area contributed by atoms with E-state index in [4.69, 9.17) is 19.9 Å². The quantitative estimate of drug-likeness (QED) is 0.400. The van der Waals surface area contributed by atoms with Crippen LogP contribution in [0.3, 0.4) is 0 Å². The number of ether oxygens (including phenoxy) is 3. The van der Waals surface area contributed by atoms with Crippen LogP contribution in [0.4, 0.5) is 5.82 Å². The Hall–Kier alpha value is -4.33. The molecule has 31 heavy (non-hydrogen) atoms. The number of carbonyl (C=O) groups is 1. The highest BCUT2D eigenvalue weighted by atomic mass is 16.6. The Labute approximate surface area is 177 Å². The number of rotatable bonds is 7. The van der Waals surface area contributed by atoms with Crippen LogP contribution >= 0.6 is 0 Å². The number of allylic oxidation sites excluding steroid dienone is 2. The maximum atomic E-state index is 12.5. The lowest BCUT2D eigenvalue weighted by atomic mass is 9.83. The van der Waals surface area contributed by atoms with Gasteiger partial charge < -0.3 is 30.1 Å². The molecule has 11 nitrogen and oxygen atoms in total. The Morgan fingerprint density at radius 1 is 1.39 bits per heavy atom. The van der Waals surface area contributed by atoms with Gasteiger partial charge in [-0.05, 0) is 36.5 Å². The summed E-state index contributed by atoms with van der Waals surface area (Å²) >= 11 is 0. The molecule has 1 aromatic carbocycles. The lowest BCUT2D eigenvalue weighted by molar-refractivity contribution is -0.389. The SMILES string of the molecule is CCOC(=O)C1=C(C)OC(N)=C(C#N)C1c1ccc(OCn2ccc([N+](=O)[O-])n2)cc1. The van der Waals surface area contributed by atoms with E-state index in [0.717, 1.165) is 0 Å². The molecule has 0 spiro atoms. The number of hydrogen-bond acceptors (Lipinski definition) is 9. The Kier molecular flexibility index (Phi) is 6.21. The van der Waals surface area contributed by atoms with E-state index in [9.17, 15) is 20.2 Å². The average Bonchev–Trinajstić information content (AvgIpc) is 3.22. The number of carbonyl (C=O) groups excluding carboxylic acids is 1. The van der Waals surface area contributed by atoms with Gasteiger partial charge in [-0.25, -0.2) is 4.79 Å². The Balaban J connectivity index is 1.83. The monoisotopic (exact) mass is 425 g/mol. The van der Waals surface area contributed by atoms with E-state index in [1.54, 1.807) is 38.1 Å². The number of hydrogen-bond donors (Lipinski definition) is 1. The van der Waals surface area contributed by atoms with Gasteiger partial charge in [-0.15, -0.1) is 4.68 Å². The van der Waals surface area contributed by atoms with E-state index in [0.29, 0.717) is 11.3 Å². The van der Waals surface area contributed by atoms with Gasteiger partial charge in [0.2, 0.25) is 12.6 Å². The average molecular weight is 425 g/mol. The molecule has 2 aromatic rings. The van der Waals surface area contributed by atoms with Crippen molar-refractivity contribution in [3.8, 4) is 11.8 Å². The number of nitriles is 1. The molecule has 0 fully saturated rings. The molecule has 0 saturated heterocycles. The van der Waals surface area contributed by atoms with Gasteiger partial charge in [-0.2, -0.15) is 5.26 Å². The fraction of sp³-hybridized carbons (Fsp3) is 0.250. The molecule has 0 saturated carbocycles. The van der Waals surface area contributed by atoms with Gasteiger partial charge in [0.15, 0.2) is 0 Å². The summed E-state index contributed by atoms with van der Waals surface area (Å²) in [5, 5.41) is 24.1. The predicted octanol–water partition coefficient (Wildman–Crippen LogP) is 2.47. The van der Waals surface area contributed by atoms with Crippen LogP contribution < -0.4 is 10.5 Å². The van der Waals surface area contributed by atoms with Gasteiger partial charge in [-0.1, -0.05) is 12.1 Å². The number of esters is 1. The van der Waals surface area contributed by atoms with Crippen LogP contribution in [0.1, 0.15) is 25.3 Å². The minimum absolute atomic E-state index is 0.0339. The van der Waals surface area contributed by atoms with Crippen LogP contribution in [0.15, 0.2) is 59.3 Å². The van der Waals surface area contributed by atoms with E-state index in [1.165, 1.54) is 16.9 Å². The molecule has 1 unspecified atom stereocenters. The molecular weight excluding hydrogens is 406 g/mol. The number of aromatic nitrogens is 2. The molecule has 1 aliphatic heterocycles. The summed E-state index contributed by atoms with van der Waals surface area (Å²) in [5.41, 5.74) is 6.80. The zero-order chi connectivity index (χ0) is 22.5. The summed E-state index contributed by atoms with van der Waals surface area (Å²) in [6.07, 6.45) is 1.43. The third kappa shape index (κ3) is 4.48. The van der Waals surface area contributed by atoms with E-state index in [2.05, 4.69) is 5.10 Å². The van der Waals surface area contributed by atoms with Gasteiger partial charge in [0, 0.05) is 0 Å². The molecule has 0 amide bonds. The second kappa shape index (κ2) is 9.00. The van der Waals surface area contributed by atoms with Gasteiger partial charge in [-0.3, -0.25) is 0 Å². The molecule has 0 bridgehead atoms. The molecule has 0 radical (unpaired) electrons. The van der Waals surface area contributed by atoms with Gasteiger partial charge >= 0.3 is 11.8 Å². The third-order valence-corrected chi connectivity index (χ3v) is 4.49. The van der Waals surface area contributed by atoms with Crippen molar-refractivity contribution in [2.75, 3.05) is 6.61 Å². The topological polar surface area (TPSA) is 156 Å². The van der Waals surface area contributed by atoms with Gasteiger partial charge in [0.1, 0.15) is 23.2 Å². The maximum absolute atomic E-state index is 12.5. The minimum atomic E-state index is -0.749. The van der Waals surface area contributed by atoms with E-state index in [-0.39, 0.29) is 41.9 Å². The van der Waals surface area contributed by atoms with Crippen molar-refractivity contribution in [2.45, 2.75) is 26.5 Å². The highest BCUT2D eigenvalue weighted by Crippen LogP contribution is 2.39. The lowest BCUT2D eigenvalue weighted by Gasteiger charge is -2.26. The first-order chi connectivity index (χ1) is 14.8. The summed E-state index contributed by atoms with van der Waals surface area (Å²) in [6.45, 7) is 3.40. The van der Waals surface area contributed by atoms with Crippen LogP contribution in [0.2, 0.25) is 0 Å². The highest BCUT2D eigenvalue weighted by Gasteiger charge is 2.36. The number of nitro groups is 1. The second-order valence-electron chi connectivity index (χ2n) is 6.43. The van der Waals surface area contributed by atoms with Crippen LogP contribution in [0, 0.1) is 21.4 Å². The van der Waals surface area contributed by atoms with E-state index in [1.807, 2.05) is 6.07 Å². The number of nitrogens with zero attached hydrogens (tertiary/aromatic N) is 4. The fourth-order valence-electron chi connectivity index (χ4n) is 3.11. The Morgan fingerprint density at radius 2 is 2.10 bits per heavy atom. The molecule has 3 rings (SSSR count). The third-order valence-electron chi connectivity index (χ3n) is 4.49. The predicted molar refractivity (Wildman–Crippen MR) is 106 cm³/mol. The smallest absolute Gasteiger partial charge is 0.390 e. The highest BCUT2D eigenvalue weighted by molar-refractivity contribution is 5.92. The van der Waals surface area contributed by atoms with Crippen LogP contribution in [0.25, 0.3) is 0 Å². The first-order valence-corrected chi connectivity index (χ1v) is 9.21. The standard InChI is InChI=1S/C20H19N5O6/c1-3-29-20(26)17-12(2)31-19(22)15(10-21)18(17)13-4-6-14(7-5-13)30-11-24-9-8-16(23-24)25(27)28/h4-9,18H,3,11,22H2,1-2H3. The summed E-state index contributed by atoms with van der Waals surface area (Å²) in [5.74, 6) is -0.964. The van der Waals surface area contributed by atoms with Crippen molar-refractivity contribution >= 4 is 11.8 Å². The molecule has 2 heterocycles. The summed E-state index contributed by atoms with van der Waals surface area (Å²) in [4.78, 5) is 22.6. The van der Waals surface area contributed by atoms with E-state index >= 15 is 0 Å². The molecular formula is C20H19N5O6. The fourth-order valence-corrected chi connectivity index (χ4v) is 3.11. The number of benzene rings is 1. The maximum Gasteiger partial charge on any atom is 0.390 e. The Bertz CT molecular complexity index is 1110. The van der Waals surface area contributed by atoms with Crippen molar-refractivity contribution < 1.29 is 23.9 Å². The normalized spacial score (nSPS) is 15.8. The van der Waals surface area contributed by atoms with Crippen LogP contribution in [-0.4, -0.2) is 27.3 Å². The number of nitrogens with two attached hydrogens (primary N) is 1. The molecule has 160 valence electrons. The van der Waals surface area contributed by atoms with Gasteiger partial charge in [0.25, 0.3) is 0 Å². The first kappa shape index (κ1) is 21.4.